The van der Waals surface area contributed by atoms with Crippen LogP contribution in [0.5, 0.6) is 0 Å². The standard InChI is InChI=1S/C11H22FNO4S/c1-6-11(5,7-8-18(12,15)16)13-9(14)17-10(2,3)4/h6-8H2,1-5H3,(H,13,14). The lowest BCUT2D eigenvalue weighted by atomic mass is 9.96. The fourth-order valence-electron chi connectivity index (χ4n) is 1.22. The van der Waals surface area contributed by atoms with Crippen LogP contribution < -0.4 is 5.32 Å². The van der Waals surface area contributed by atoms with Crippen LogP contribution in [0.3, 0.4) is 0 Å². The van der Waals surface area contributed by atoms with Gasteiger partial charge in [-0.1, -0.05) is 6.92 Å². The summed E-state index contributed by atoms with van der Waals surface area (Å²) in [6, 6.07) is 0. The Morgan fingerprint density at radius 3 is 2.11 bits per heavy atom. The third-order valence-corrected chi connectivity index (χ3v) is 3.17. The second kappa shape index (κ2) is 5.86. The molecule has 1 amide bonds. The van der Waals surface area contributed by atoms with E-state index in [-0.39, 0.29) is 6.42 Å². The molecule has 0 fully saturated rings. The lowest BCUT2D eigenvalue weighted by Gasteiger charge is -2.30. The summed E-state index contributed by atoms with van der Waals surface area (Å²) in [5, 5.41) is 2.58. The second-order valence-corrected chi connectivity index (χ2v) is 7.02. The van der Waals surface area contributed by atoms with E-state index in [1.54, 1.807) is 34.6 Å². The molecule has 1 N–H and O–H groups in total. The first kappa shape index (κ1) is 17.2. The number of hydrogen-bond acceptors (Lipinski definition) is 4. The van der Waals surface area contributed by atoms with Crippen molar-refractivity contribution < 1.29 is 21.8 Å². The quantitative estimate of drug-likeness (QED) is 0.786. The van der Waals surface area contributed by atoms with Gasteiger partial charge in [-0.3, -0.25) is 0 Å². The summed E-state index contributed by atoms with van der Waals surface area (Å²) in [5.74, 6) is -0.618. The predicted molar refractivity (Wildman–Crippen MR) is 67.6 cm³/mol. The normalized spacial score (nSPS) is 15.9. The van der Waals surface area contributed by atoms with Gasteiger partial charge in [0.2, 0.25) is 0 Å². The maximum absolute atomic E-state index is 12.5. The number of rotatable bonds is 5. The zero-order valence-corrected chi connectivity index (χ0v) is 12.4. The van der Waals surface area contributed by atoms with Crippen molar-refractivity contribution in [2.45, 2.75) is 58.6 Å². The number of alkyl carbamates (subject to hydrolysis) is 1. The van der Waals surface area contributed by atoms with Gasteiger partial charge < -0.3 is 10.1 Å². The van der Waals surface area contributed by atoms with Crippen LogP contribution in [0.15, 0.2) is 0 Å². The minimum atomic E-state index is -4.53. The third kappa shape index (κ3) is 8.27. The van der Waals surface area contributed by atoms with Crippen LogP contribution >= 0.6 is 0 Å². The van der Waals surface area contributed by atoms with Gasteiger partial charge in [0.05, 0.1) is 5.75 Å². The van der Waals surface area contributed by atoms with E-state index in [2.05, 4.69) is 5.32 Å². The molecule has 0 aromatic heterocycles. The van der Waals surface area contributed by atoms with Gasteiger partial charge in [0.25, 0.3) is 0 Å². The Labute approximate surface area is 108 Å². The highest BCUT2D eigenvalue weighted by Crippen LogP contribution is 2.17. The van der Waals surface area contributed by atoms with Gasteiger partial charge in [-0.2, -0.15) is 8.42 Å². The Morgan fingerprint density at radius 1 is 1.28 bits per heavy atom. The number of ether oxygens (including phenoxy) is 1. The third-order valence-electron chi connectivity index (χ3n) is 2.48. The molecule has 18 heavy (non-hydrogen) atoms. The largest absolute Gasteiger partial charge is 0.444 e. The SMILES string of the molecule is CCC(C)(CCS(=O)(=O)F)NC(=O)OC(C)(C)C. The lowest BCUT2D eigenvalue weighted by Crippen LogP contribution is -2.48. The number of nitrogens with one attached hydrogen (secondary N) is 1. The molecule has 1 unspecified atom stereocenters. The average molecular weight is 283 g/mol. The molecule has 7 heteroatoms. The van der Waals surface area contributed by atoms with Crippen LogP contribution in [-0.4, -0.2) is 31.4 Å². The average Bonchev–Trinajstić information content (AvgIpc) is 2.10. The monoisotopic (exact) mass is 283 g/mol. The highest BCUT2D eigenvalue weighted by molar-refractivity contribution is 7.86. The van der Waals surface area contributed by atoms with Gasteiger partial charge in [-0.25, -0.2) is 4.79 Å². The highest BCUT2D eigenvalue weighted by Gasteiger charge is 2.29. The Hall–Kier alpha value is -0.850. The summed E-state index contributed by atoms with van der Waals surface area (Å²) >= 11 is 0. The van der Waals surface area contributed by atoms with Crippen molar-refractivity contribution >= 4 is 16.3 Å². The van der Waals surface area contributed by atoms with E-state index in [0.717, 1.165) is 0 Å². The highest BCUT2D eigenvalue weighted by atomic mass is 32.3. The molecule has 0 bridgehead atoms. The zero-order valence-electron chi connectivity index (χ0n) is 11.5. The maximum Gasteiger partial charge on any atom is 0.408 e. The summed E-state index contributed by atoms with van der Waals surface area (Å²) in [6.07, 6.45) is -0.160. The first-order valence-corrected chi connectivity index (χ1v) is 7.36. The maximum atomic E-state index is 12.5. The number of halogens is 1. The van der Waals surface area contributed by atoms with Crippen molar-refractivity contribution in [1.29, 1.82) is 0 Å². The van der Waals surface area contributed by atoms with Crippen molar-refractivity contribution in [3.63, 3.8) is 0 Å². The minimum Gasteiger partial charge on any atom is -0.444 e. The fraction of sp³-hybridized carbons (Fsp3) is 0.909. The molecule has 0 aliphatic rings. The number of hydrogen-bond donors (Lipinski definition) is 1. The lowest BCUT2D eigenvalue weighted by molar-refractivity contribution is 0.0458. The van der Waals surface area contributed by atoms with E-state index in [4.69, 9.17) is 4.74 Å². The molecule has 0 aromatic carbocycles. The van der Waals surface area contributed by atoms with Crippen LogP contribution in [0, 0.1) is 0 Å². The summed E-state index contributed by atoms with van der Waals surface area (Å²) in [5.41, 5.74) is -1.44. The molecule has 5 nitrogen and oxygen atoms in total. The molecule has 0 aliphatic carbocycles. The molecule has 0 saturated carbocycles. The van der Waals surface area contributed by atoms with Crippen LogP contribution in [-0.2, 0) is 15.0 Å². The molecular weight excluding hydrogens is 261 g/mol. The summed E-state index contributed by atoms with van der Waals surface area (Å²) in [6.45, 7) is 8.61. The van der Waals surface area contributed by atoms with Crippen molar-refractivity contribution in [3.05, 3.63) is 0 Å². The van der Waals surface area contributed by atoms with Gasteiger partial charge in [0, 0.05) is 5.54 Å². The molecule has 0 heterocycles. The molecule has 0 spiro atoms. The Bertz CT molecular complexity index is 388. The topological polar surface area (TPSA) is 72.5 Å². The van der Waals surface area contributed by atoms with Crippen molar-refractivity contribution in [1.82, 2.24) is 5.32 Å². The molecule has 1 atom stereocenters. The predicted octanol–water partition coefficient (Wildman–Crippen LogP) is 2.37. The smallest absolute Gasteiger partial charge is 0.408 e. The summed E-state index contributed by atoms with van der Waals surface area (Å²) < 4.78 is 38.6. The van der Waals surface area contributed by atoms with Crippen LogP contribution in [0.4, 0.5) is 8.68 Å². The van der Waals surface area contributed by atoms with Crippen LogP contribution in [0.25, 0.3) is 0 Å². The summed E-state index contributed by atoms with van der Waals surface area (Å²) in [4.78, 5) is 11.6. The minimum absolute atomic E-state index is 0.00156. The zero-order chi connectivity index (χ0) is 14.6. The number of carbonyl (C=O) groups is 1. The van der Waals surface area contributed by atoms with Gasteiger partial charge in [0.1, 0.15) is 5.60 Å². The van der Waals surface area contributed by atoms with Crippen molar-refractivity contribution in [2.24, 2.45) is 0 Å². The van der Waals surface area contributed by atoms with Gasteiger partial charge in [0.15, 0.2) is 0 Å². The van der Waals surface area contributed by atoms with Crippen molar-refractivity contribution in [3.8, 4) is 0 Å². The first-order chi connectivity index (χ1) is 7.87. The summed E-state index contributed by atoms with van der Waals surface area (Å²) in [7, 11) is -4.53. The van der Waals surface area contributed by atoms with Gasteiger partial charge in [-0.15, -0.1) is 3.89 Å². The van der Waals surface area contributed by atoms with E-state index in [1.807, 2.05) is 0 Å². The first-order valence-electron chi connectivity index (χ1n) is 5.80. The molecule has 0 saturated heterocycles. The van der Waals surface area contributed by atoms with Gasteiger partial charge >= 0.3 is 16.3 Å². The molecule has 0 aromatic rings. The van der Waals surface area contributed by atoms with E-state index in [9.17, 15) is 17.1 Å². The van der Waals surface area contributed by atoms with E-state index in [0.29, 0.717) is 6.42 Å². The fourth-order valence-corrected chi connectivity index (χ4v) is 1.92. The number of amides is 1. The number of carbonyl (C=O) groups excluding carboxylic acids is 1. The molecular formula is C11H22FNO4S. The van der Waals surface area contributed by atoms with Crippen LogP contribution in [0.1, 0.15) is 47.5 Å². The Morgan fingerprint density at radius 2 is 1.78 bits per heavy atom. The Balaban J connectivity index is 4.53. The molecule has 108 valence electrons. The van der Waals surface area contributed by atoms with Crippen molar-refractivity contribution in [2.75, 3.05) is 5.75 Å². The molecule has 0 rings (SSSR count). The molecule has 0 aliphatic heterocycles. The van der Waals surface area contributed by atoms with E-state index >= 15 is 0 Å². The van der Waals surface area contributed by atoms with Crippen LogP contribution in [0.2, 0.25) is 0 Å². The van der Waals surface area contributed by atoms with Gasteiger partial charge in [-0.05, 0) is 40.5 Å². The van der Waals surface area contributed by atoms with E-state index in [1.165, 1.54) is 0 Å². The second-order valence-electron chi connectivity index (χ2n) is 5.53. The molecule has 0 radical (unpaired) electrons. The van der Waals surface area contributed by atoms with E-state index < -0.39 is 33.2 Å². The Kier molecular flexibility index (Phi) is 5.58.